The number of ether oxygens (including phenoxy) is 2. The number of hydrogen-bond donors (Lipinski definition) is 1. The summed E-state index contributed by atoms with van der Waals surface area (Å²) in [6.45, 7) is 3.90. The van der Waals surface area contributed by atoms with Crippen LogP contribution in [0.4, 0.5) is 0 Å². The van der Waals surface area contributed by atoms with E-state index < -0.39 is 0 Å². The fourth-order valence-corrected chi connectivity index (χ4v) is 4.39. The Labute approximate surface area is 128 Å². The van der Waals surface area contributed by atoms with E-state index in [0.29, 0.717) is 13.2 Å². The van der Waals surface area contributed by atoms with Gasteiger partial charge in [0.05, 0.1) is 25.4 Å². The van der Waals surface area contributed by atoms with Crippen LogP contribution in [-0.2, 0) is 9.47 Å². The van der Waals surface area contributed by atoms with E-state index in [1.54, 1.807) is 0 Å². The highest BCUT2D eigenvalue weighted by Crippen LogP contribution is 2.35. The molecule has 122 valence electrons. The SMILES string of the molecule is OC(COCC1CCCO1)CN1CCCC1C1CCCC1. The van der Waals surface area contributed by atoms with Gasteiger partial charge in [-0.05, 0) is 51.0 Å². The standard InChI is InChI=1S/C17H31NO3/c19-15(12-20-13-16-7-4-10-21-16)11-18-9-3-8-17(18)14-5-1-2-6-14/h14-17,19H,1-13H2. The van der Waals surface area contributed by atoms with Crippen LogP contribution in [0.2, 0.25) is 0 Å². The normalized spacial score (nSPS) is 33.0. The van der Waals surface area contributed by atoms with Gasteiger partial charge >= 0.3 is 0 Å². The van der Waals surface area contributed by atoms with Gasteiger partial charge in [-0.15, -0.1) is 0 Å². The number of β-amino-alcohol motifs (C(OH)–C–C–N with tert-alkyl or cyclic N) is 1. The average Bonchev–Trinajstić information content (AvgIpc) is 3.20. The van der Waals surface area contributed by atoms with Crippen LogP contribution in [0.3, 0.4) is 0 Å². The Morgan fingerprint density at radius 1 is 1.10 bits per heavy atom. The van der Waals surface area contributed by atoms with Crippen molar-refractivity contribution in [1.29, 1.82) is 0 Å². The van der Waals surface area contributed by atoms with Gasteiger partial charge in [-0.1, -0.05) is 12.8 Å². The Morgan fingerprint density at radius 3 is 2.71 bits per heavy atom. The minimum Gasteiger partial charge on any atom is -0.389 e. The second-order valence-corrected chi connectivity index (χ2v) is 7.08. The van der Waals surface area contributed by atoms with Gasteiger partial charge in [0, 0.05) is 19.2 Å². The molecule has 3 fully saturated rings. The van der Waals surface area contributed by atoms with E-state index in [2.05, 4.69) is 4.90 Å². The molecule has 0 amide bonds. The summed E-state index contributed by atoms with van der Waals surface area (Å²) in [6.07, 6.45) is 10.4. The Morgan fingerprint density at radius 2 is 1.95 bits per heavy atom. The molecule has 1 N–H and O–H groups in total. The number of aliphatic hydroxyl groups excluding tert-OH is 1. The summed E-state index contributed by atoms with van der Waals surface area (Å²) < 4.78 is 11.2. The maximum atomic E-state index is 10.2. The summed E-state index contributed by atoms with van der Waals surface area (Å²) in [5.74, 6) is 0.882. The Kier molecular flexibility index (Phi) is 5.92. The quantitative estimate of drug-likeness (QED) is 0.782. The second-order valence-electron chi connectivity index (χ2n) is 7.08. The summed E-state index contributed by atoms with van der Waals surface area (Å²) in [7, 11) is 0. The number of rotatable bonds is 7. The number of hydrogen-bond acceptors (Lipinski definition) is 4. The van der Waals surface area contributed by atoms with Gasteiger partial charge in [0.25, 0.3) is 0 Å². The zero-order chi connectivity index (χ0) is 14.5. The molecule has 4 heteroatoms. The molecule has 0 spiro atoms. The smallest absolute Gasteiger partial charge is 0.0900 e. The van der Waals surface area contributed by atoms with Crippen LogP contribution < -0.4 is 0 Å². The maximum Gasteiger partial charge on any atom is 0.0900 e. The van der Waals surface area contributed by atoms with Gasteiger partial charge in [0.2, 0.25) is 0 Å². The van der Waals surface area contributed by atoms with Crippen LogP contribution in [0.1, 0.15) is 51.4 Å². The molecular weight excluding hydrogens is 266 g/mol. The molecule has 0 aromatic rings. The van der Waals surface area contributed by atoms with E-state index in [1.165, 1.54) is 38.5 Å². The van der Waals surface area contributed by atoms with Gasteiger partial charge in [0.15, 0.2) is 0 Å². The van der Waals surface area contributed by atoms with E-state index >= 15 is 0 Å². The fourth-order valence-electron chi connectivity index (χ4n) is 4.39. The third-order valence-electron chi connectivity index (χ3n) is 5.44. The lowest BCUT2D eigenvalue weighted by atomic mass is 9.96. The number of likely N-dealkylation sites (tertiary alicyclic amines) is 1. The minimum absolute atomic E-state index is 0.259. The molecule has 2 saturated heterocycles. The van der Waals surface area contributed by atoms with Crippen molar-refractivity contribution >= 4 is 0 Å². The van der Waals surface area contributed by atoms with E-state index in [-0.39, 0.29) is 12.2 Å². The van der Waals surface area contributed by atoms with Crippen LogP contribution in [0.15, 0.2) is 0 Å². The molecule has 2 heterocycles. The van der Waals surface area contributed by atoms with E-state index in [9.17, 15) is 5.11 Å². The van der Waals surface area contributed by atoms with Crippen LogP contribution in [0, 0.1) is 5.92 Å². The van der Waals surface area contributed by atoms with E-state index in [0.717, 1.165) is 44.5 Å². The molecule has 4 nitrogen and oxygen atoms in total. The second kappa shape index (κ2) is 7.91. The molecule has 2 aliphatic heterocycles. The summed E-state index contributed by atoms with van der Waals surface area (Å²) in [4.78, 5) is 2.52. The van der Waals surface area contributed by atoms with Crippen LogP contribution >= 0.6 is 0 Å². The van der Waals surface area contributed by atoms with Crippen molar-refractivity contribution < 1.29 is 14.6 Å². The molecule has 1 saturated carbocycles. The largest absolute Gasteiger partial charge is 0.389 e. The number of aliphatic hydroxyl groups is 1. The highest BCUT2D eigenvalue weighted by atomic mass is 16.5. The lowest BCUT2D eigenvalue weighted by Crippen LogP contribution is -2.41. The van der Waals surface area contributed by atoms with Crippen LogP contribution in [0.5, 0.6) is 0 Å². The van der Waals surface area contributed by atoms with Crippen molar-refractivity contribution in [2.45, 2.75) is 69.6 Å². The third-order valence-corrected chi connectivity index (χ3v) is 5.44. The summed E-state index contributed by atoms with van der Waals surface area (Å²) >= 11 is 0. The van der Waals surface area contributed by atoms with E-state index in [1.807, 2.05) is 0 Å². The van der Waals surface area contributed by atoms with Crippen molar-refractivity contribution in [2.24, 2.45) is 5.92 Å². The first kappa shape index (κ1) is 15.7. The average molecular weight is 297 g/mol. The molecule has 0 bridgehead atoms. The third kappa shape index (κ3) is 4.41. The molecule has 0 aromatic carbocycles. The summed E-state index contributed by atoms with van der Waals surface area (Å²) in [5.41, 5.74) is 0. The van der Waals surface area contributed by atoms with Crippen LogP contribution in [0.25, 0.3) is 0 Å². The van der Waals surface area contributed by atoms with Crippen molar-refractivity contribution in [3.8, 4) is 0 Å². The van der Waals surface area contributed by atoms with Crippen molar-refractivity contribution in [2.75, 3.05) is 32.9 Å². The molecule has 3 rings (SSSR count). The molecule has 3 unspecified atom stereocenters. The lowest BCUT2D eigenvalue weighted by Gasteiger charge is -2.31. The van der Waals surface area contributed by atoms with Crippen molar-refractivity contribution in [3.05, 3.63) is 0 Å². The monoisotopic (exact) mass is 297 g/mol. The molecule has 0 aromatic heterocycles. The topological polar surface area (TPSA) is 41.9 Å². The Hall–Kier alpha value is -0.160. The van der Waals surface area contributed by atoms with E-state index in [4.69, 9.17) is 9.47 Å². The first-order valence-electron chi connectivity index (χ1n) is 8.94. The van der Waals surface area contributed by atoms with Gasteiger partial charge in [-0.3, -0.25) is 4.90 Å². The zero-order valence-corrected chi connectivity index (χ0v) is 13.2. The van der Waals surface area contributed by atoms with Crippen molar-refractivity contribution in [1.82, 2.24) is 4.90 Å². The first-order chi connectivity index (χ1) is 10.3. The van der Waals surface area contributed by atoms with Gasteiger partial charge in [-0.2, -0.15) is 0 Å². The van der Waals surface area contributed by atoms with Gasteiger partial charge < -0.3 is 14.6 Å². The molecular formula is C17H31NO3. The van der Waals surface area contributed by atoms with Crippen LogP contribution in [-0.4, -0.2) is 61.2 Å². The Bertz CT molecular complexity index is 300. The van der Waals surface area contributed by atoms with Gasteiger partial charge in [0.1, 0.15) is 0 Å². The van der Waals surface area contributed by atoms with Crippen molar-refractivity contribution in [3.63, 3.8) is 0 Å². The zero-order valence-electron chi connectivity index (χ0n) is 13.2. The minimum atomic E-state index is -0.353. The molecule has 1 aliphatic carbocycles. The molecule has 3 aliphatic rings. The number of nitrogens with zero attached hydrogens (tertiary/aromatic N) is 1. The molecule has 3 atom stereocenters. The predicted octanol–water partition coefficient (Wildman–Crippen LogP) is 2.20. The highest BCUT2D eigenvalue weighted by Gasteiger charge is 2.33. The first-order valence-corrected chi connectivity index (χ1v) is 8.94. The highest BCUT2D eigenvalue weighted by molar-refractivity contribution is 4.88. The maximum absolute atomic E-state index is 10.2. The molecule has 21 heavy (non-hydrogen) atoms. The molecule has 0 radical (unpaired) electrons. The Balaban J connectivity index is 1.35. The lowest BCUT2D eigenvalue weighted by molar-refractivity contribution is -0.0277. The van der Waals surface area contributed by atoms with Gasteiger partial charge in [-0.25, -0.2) is 0 Å². The predicted molar refractivity (Wildman–Crippen MR) is 82.4 cm³/mol. The fraction of sp³-hybridized carbons (Fsp3) is 1.00. The summed E-state index contributed by atoms with van der Waals surface area (Å²) in [6, 6.07) is 0.723. The summed E-state index contributed by atoms with van der Waals surface area (Å²) in [5, 5.41) is 10.2.